The Kier molecular flexibility index (Phi) is 6.03. The van der Waals surface area contributed by atoms with Gasteiger partial charge in [0.15, 0.2) is 6.61 Å². The molecule has 8 nitrogen and oxygen atoms in total. The topological polar surface area (TPSA) is 107 Å². The number of carbonyl (C=O) groups excluding carboxylic acids is 1. The molecular formula is C19H14ClN3O5. The van der Waals surface area contributed by atoms with Crippen molar-refractivity contribution in [2.75, 3.05) is 6.61 Å². The molecule has 0 aliphatic rings. The van der Waals surface area contributed by atoms with Gasteiger partial charge in [-0.1, -0.05) is 29.8 Å². The SMILES string of the molecule is O=C(COc1cccc(Cl)c1)NN=Cc1ccc(-c2cccc([N+](=O)[O-])c2)o1. The van der Waals surface area contributed by atoms with Crippen LogP contribution in [0.15, 0.2) is 70.2 Å². The molecule has 0 saturated carbocycles. The van der Waals surface area contributed by atoms with Crippen LogP contribution in [0.4, 0.5) is 5.69 Å². The minimum Gasteiger partial charge on any atom is -0.484 e. The average Bonchev–Trinajstić information content (AvgIpc) is 3.15. The van der Waals surface area contributed by atoms with Crippen molar-refractivity contribution in [2.45, 2.75) is 0 Å². The van der Waals surface area contributed by atoms with Gasteiger partial charge in [0.25, 0.3) is 11.6 Å². The van der Waals surface area contributed by atoms with Gasteiger partial charge in [-0.05, 0) is 30.3 Å². The van der Waals surface area contributed by atoms with Crippen molar-refractivity contribution < 1.29 is 18.9 Å². The van der Waals surface area contributed by atoms with E-state index in [9.17, 15) is 14.9 Å². The minimum absolute atomic E-state index is 0.0314. The first-order chi connectivity index (χ1) is 13.5. The molecule has 1 aromatic heterocycles. The van der Waals surface area contributed by atoms with Crippen LogP contribution in [0.2, 0.25) is 5.02 Å². The highest BCUT2D eigenvalue weighted by atomic mass is 35.5. The van der Waals surface area contributed by atoms with Gasteiger partial charge >= 0.3 is 0 Å². The van der Waals surface area contributed by atoms with Crippen molar-refractivity contribution in [3.8, 4) is 17.1 Å². The summed E-state index contributed by atoms with van der Waals surface area (Å²) in [5.74, 6) is 0.833. The van der Waals surface area contributed by atoms with Crippen LogP contribution in [0, 0.1) is 10.1 Å². The van der Waals surface area contributed by atoms with Crippen LogP contribution in [0.1, 0.15) is 5.76 Å². The fourth-order valence-electron chi connectivity index (χ4n) is 2.26. The molecule has 0 bridgehead atoms. The minimum atomic E-state index is -0.476. The van der Waals surface area contributed by atoms with E-state index in [-0.39, 0.29) is 12.3 Å². The van der Waals surface area contributed by atoms with Crippen LogP contribution in [-0.2, 0) is 4.79 Å². The zero-order valence-corrected chi connectivity index (χ0v) is 15.1. The normalized spacial score (nSPS) is 10.8. The maximum absolute atomic E-state index is 11.7. The molecule has 142 valence electrons. The molecule has 0 fully saturated rings. The molecule has 9 heteroatoms. The van der Waals surface area contributed by atoms with Gasteiger partial charge in [0, 0.05) is 22.7 Å². The smallest absolute Gasteiger partial charge is 0.277 e. The maximum atomic E-state index is 11.7. The van der Waals surface area contributed by atoms with Gasteiger partial charge < -0.3 is 9.15 Å². The third-order valence-corrected chi connectivity index (χ3v) is 3.75. The Morgan fingerprint density at radius 1 is 1.21 bits per heavy atom. The predicted octanol–water partition coefficient (Wildman–Crippen LogP) is 4.04. The van der Waals surface area contributed by atoms with E-state index in [1.165, 1.54) is 18.3 Å². The number of carbonyl (C=O) groups is 1. The van der Waals surface area contributed by atoms with E-state index in [2.05, 4.69) is 10.5 Å². The highest BCUT2D eigenvalue weighted by Crippen LogP contribution is 2.25. The molecule has 3 aromatic rings. The number of nitro benzene ring substituents is 1. The first-order valence-electron chi connectivity index (χ1n) is 8.06. The quantitative estimate of drug-likeness (QED) is 0.366. The summed E-state index contributed by atoms with van der Waals surface area (Å²) in [6, 6.07) is 16.1. The second-order valence-electron chi connectivity index (χ2n) is 5.55. The number of nitrogens with one attached hydrogen (secondary N) is 1. The van der Waals surface area contributed by atoms with Crippen LogP contribution in [-0.4, -0.2) is 23.7 Å². The molecule has 1 amide bonds. The van der Waals surface area contributed by atoms with Crippen LogP contribution in [0.5, 0.6) is 5.75 Å². The van der Waals surface area contributed by atoms with Crippen molar-refractivity contribution in [3.63, 3.8) is 0 Å². The van der Waals surface area contributed by atoms with Crippen LogP contribution in [0.25, 0.3) is 11.3 Å². The highest BCUT2D eigenvalue weighted by molar-refractivity contribution is 6.30. The van der Waals surface area contributed by atoms with Gasteiger partial charge in [-0.3, -0.25) is 14.9 Å². The standard InChI is InChI=1S/C19H14ClN3O5/c20-14-4-2-6-16(10-14)27-12-19(24)22-21-11-17-7-8-18(28-17)13-3-1-5-15(9-13)23(25)26/h1-11H,12H2,(H,22,24). The molecule has 2 aromatic carbocycles. The van der Waals surface area contributed by atoms with E-state index < -0.39 is 10.8 Å². The Hall–Kier alpha value is -3.65. The molecule has 3 rings (SSSR count). The lowest BCUT2D eigenvalue weighted by Gasteiger charge is -2.04. The van der Waals surface area contributed by atoms with Gasteiger partial charge in [-0.2, -0.15) is 5.10 Å². The summed E-state index contributed by atoms with van der Waals surface area (Å²) in [6.07, 6.45) is 1.32. The number of hydrogen-bond acceptors (Lipinski definition) is 6. The lowest BCUT2D eigenvalue weighted by atomic mass is 10.1. The van der Waals surface area contributed by atoms with Crippen molar-refractivity contribution in [2.24, 2.45) is 5.10 Å². The van der Waals surface area contributed by atoms with E-state index in [4.69, 9.17) is 20.8 Å². The number of furan rings is 1. The number of hydrazone groups is 1. The van der Waals surface area contributed by atoms with Gasteiger partial charge in [-0.25, -0.2) is 5.43 Å². The Morgan fingerprint density at radius 2 is 2.04 bits per heavy atom. The number of benzene rings is 2. The van der Waals surface area contributed by atoms with E-state index in [1.807, 2.05) is 0 Å². The number of non-ortho nitro benzene ring substituents is 1. The number of ether oxygens (including phenoxy) is 1. The Morgan fingerprint density at radius 3 is 2.82 bits per heavy atom. The molecule has 0 aliphatic carbocycles. The van der Waals surface area contributed by atoms with Crippen molar-refractivity contribution in [1.82, 2.24) is 5.43 Å². The van der Waals surface area contributed by atoms with Crippen LogP contribution >= 0.6 is 11.6 Å². The van der Waals surface area contributed by atoms with E-state index >= 15 is 0 Å². The Bertz CT molecular complexity index is 1030. The summed E-state index contributed by atoms with van der Waals surface area (Å²) >= 11 is 5.83. The molecular weight excluding hydrogens is 386 g/mol. The lowest BCUT2D eigenvalue weighted by Crippen LogP contribution is -2.24. The fraction of sp³-hybridized carbons (Fsp3) is 0.0526. The molecule has 0 atom stereocenters. The number of rotatable bonds is 7. The number of hydrogen-bond donors (Lipinski definition) is 1. The van der Waals surface area contributed by atoms with E-state index in [0.717, 1.165) is 0 Å². The zero-order chi connectivity index (χ0) is 19.9. The highest BCUT2D eigenvalue weighted by Gasteiger charge is 2.10. The Balaban J connectivity index is 1.54. The van der Waals surface area contributed by atoms with E-state index in [0.29, 0.717) is 27.9 Å². The van der Waals surface area contributed by atoms with Gasteiger partial charge in [0.2, 0.25) is 0 Å². The molecule has 0 unspecified atom stereocenters. The van der Waals surface area contributed by atoms with Crippen molar-refractivity contribution in [3.05, 3.63) is 81.6 Å². The van der Waals surface area contributed by atoms with Gasteiger partial charge in [-0.15, -0.1) is 0 Å². The second-order valence-corrected chi connectivity index (χ2v) is 5.99. The first-order valence-corrected chi connectivity index (χ1v) is 8.44. The number of amides is 1. The average molecular weight is 400 g/mol. The lowest BCUT2D eigenvalue weighted by molar-refractivity contribution is -0.384. The summed E-state index contributed by atoms with van der Waals surface area (Å²) in [7, 11) is 0. The van der Waals surface area contributed by atoms with Crippen LogP contribution in [0.3, 0.4) is 0 Å². The predicted molar refractivity (Wildman–Crippen MR) is 103 cm³/mol. The molecule has 1 N–H and O–H groups in total. The molecule has 0 aliphatic heterocycles. The largest absolute Gasteiger partial charge is 0.484 e. The number of nitro groups is 1. The van der Waals surface area contributed by atoms with E-state index in [1.54, 1.807) is 48.5 Å². The third kappa shape index (κ3) is 5.18. The second kappa shape index (κ2) is 8.83. The Labute approximate surface area is 164 Å². The fourth-order valence-corrected chi connectivity index (χ4v) is 2.44. The molecule has 28 heavy (non-hydrogen) atoms. The molecule has 1 heterocycles. The number of halogens is 1. The van der Waals surface area contributed by atoms with Crippen molar-refractivity contribution in [1.29, 1.82) is 0 Å². The maximum Gasteiger partial charge on any atom is 0.277 e. The summed E-state index contributed by atoms with van der Waals surface area (Å²) in [4.78, 5) is 22.1. The summed E-state index contributed by atoms with van der Waals surface area (Å²) in [5, 5.41) is 15.2. The number of nitrogens with zero attached hydrogens (tertiary/aromatic N) is 2. The molecule has 0 spiro atoms. The molecule has 0 radical (unpaired) electrons. The first kappa shape index (κ1) is 19.1. The summed E-state index contributed by atoms with van der Waals surface area (Å²) in [6.45, 7) is -0.227. The molecule has 0 saturated heterocycles. The van der Waals surface area contributed by atoms with Gasteiger partial charge in [0.05, 0.1) is 11.1 Å². The van der Waals surface area contributed by atoms with Gasteiger partial charge in [0.1, 0.15) is 17.3 Å². The zero-order valence-electron chi connectivity index (χ0n) is 14.4. The van der Waals surface area contributed by atoms with Crippen molar-refractivity contribution >= 4 is 29.4 Å². The monoisotopic (exact) mass is 399 g/mol. The van der Waals surface area contributed by atoms with Crippen LogP contribution < -0.4 is 10.2 Å². The summed E-state index contributed by atoms with van der Waals surface area (Å²) in [5.41, 5.74) is 2.84. The third-order valence-electron chi connectivity index (χ3n) is 3.52. The summed E-state index contributed by atoms with van der Waals surface area (Å²) < 4.78 is 10.9.